The molecule has 0 aliphatic rings. The third kappa shape index (κ3) is 2.87. The lowest BCUT2D eigenvalue weighted by atomic mass is 10.1. The monoisotopic (exact) mass is 298 g/mol. The van der Waals surface area contributed by atoms with Crippen LogP contribution in [-0.2, 0) is 4.74 Å². The molecule has 0 amide bonds. The van der Waals surface area contributed by atoms with Crippen LogP contribution in [0.2, 0.25) is 0 Å². The lowest BCUT2D eigenvalue weighted by molar-refractivity contribution is 0.0338. The molecule has 0 spiro atoms. The zero-order valence-corrected chi connectivity index (χ0v) is 12.3. The average Bonchev–Trinajstić information content (AvgIpc) is 2.87. The highest BCUT2D eigenvalue weighted by Gasteiger charge is 2.14. The standard InChI is InChI=1S/C16H14N2O2S/c1-10(11-5-3-2-4-6-11)20-15(19)12-7-8-13-14(9-12)21-16(17)18-13/h2-10H,1H3,(H2,17,18). The van der Waals surface area contributed by atoms with E-state index in [1.165, 1.54) is 11.3 Å². The van der Waals surface area contributed by atoms with Crippen molar-refractivity contribution in [3.05, 3.63) is 59.7 Å². The van der Waals surface area contributed by atoms with E-state index in [0.29, 0.717) is 10.7 Å². The molecule has 0 saturated heterocycles. The van der Waals surface area contributed by atoms with Gasteiger partial charge in [-0.3, -0.25) is 0 Å². The summed E-state index contributed by atoms with van der Waals surface area (Å²) in [4.78, 5) is 16.4. The first-order chi connectivity index (χ1) is 10.1. The number of carbonyl (C=O) groups excluding carboxylic acids is 1. The summed E-state index contributed by atoms with van der Waals surface area (Å²) in [6, 6.07) is 14.9. The maximum absolute atomic E-state index is 12.2. The second-order valence-corrected chi connectivity index (χ2v) is 5.76. The molecule has 1 heterocycles. The minimum atomic E-state index is -0.347. The molecule has 2 aromatic carbocycles. The van der Waals surface area contributed by atoms with Gasteiger partial charge in [-0.25, -0.2) is 9.78 Å². The van der Waals surface area contributed by atoms with E-state index in [0.717, 1.165) is 15.8 Å². The van der Waals surface area contributed by atoms with Crippen LogP contribution in [0.4, 0.5) is 5.13 Å². The maximum Gasteiger partial charge on any atom is 0.338 e. The molecular formula is C16H14N2O2S. The number of nitrogens with zero attached hydrogens (tertiary/aromatic N) is 1. The van der Waals surface area contributed by atoms with Crippen molar-refractivity contribution < 1.29 is 9.53 Å². The summed E-state index contributed by atoms with van der Waals surface area (Å²) in [5.41, 5.74) is 7.94. The van der Waals surface area contributed by atoms with Crippen molar-refractivity contribution in [3.8, 4) is 0 Å². The number of aromatic nitrogens is 1. The van der Waals surface area contributed by atoms with Crippen LogP contribution in [0.1, 0.15) is 28.9 Å². The van der Waals surface area contributed by atoms with E-state index in [1.54, 1.807) is 18.2 Å². The highest BCUT2D eigenvalue weighted by Crippen LogP contribution is 2.26. The van der Waals surface area contributed by atoms with Gasteiger partial charge < -0.3 is 10.5 Å². The van der Waals surface area contributed by atoms with Gasteiger partial charge in [-0.05, 0) is 30.7 Å². The quantitative estimate of drug-likeness (QED) is 0.747. The van der Waals surface area contributed by atoms with E-state index < -0.39 is 0 Å². The average molecular weight is 298 g/mol. The lowest BCUT2D eigenvalue weighted by Gasteiger charge is -2.13. The fraction of sp³-hybridized carbons (Fsp3) is 0.125. The van der Waals surface area contributed by atoms with E-state index >= 15 is 0 Å². The van der Waals surface area contributed by atoms with Crippen LogP contribution in [0.5, 0.6) is 0 Å². The van der Waals surface area contributed by atoms with Gasteiger partial charge in [0, 0.05) is 0 Å². The summed E-state index contributed by atoms with van der Waals surface area (Å²) in [5.74, 6) is -0.347. The number of hydrogen-bond donors (Lipinski definition) is 1. The topological polar surface area (TPSA) is 65.2 Å². The number of rotatable bonds is 3. The third-order valence-electron chi connectivity index (χ3n) is 3.19. The molecule has 21 heavy (non-hydrogen) atoms. The van der Waals surface area contributed by atoms with Gasteiger partial charge in [0.15, 0.2) is 5.13 Å². The first kappa shape index (κ1) is 13.6. The molecule has 1 aromatic heterocycles. The van der Waals surface area contributed by atoms with E-state index in [2.05, 4.69) is 4.98 Å². The van der Waals surface area contributed by atoms with E-state index in [-0.39, 0.29) is 12.1 Å². The molecule has 5 heteroatoms. The molecule has 3 rings (SSSR count). The summed E-state index contributed by atoms with van der Waals surface area (Å²) < 4.78 is 6.38. The van der Waals surface area contributed by atoms with E-state index in [4.69, 9.17) is 10.5 Å². The highest BCUT2D eigenvalue weighted by atomic mass is 32.1. The largest absolute Gasteiger partial charge is 0.454 e. The Morgan fingerprint density at radius 1 is 1.24 bits per heavy atom. The Labute approximate surface area is 126 Å². The van der Waals surface area contributed by atoms with Crippen molar-refractivity contribution in [2.75, 3.05) is 5.73 Å². The predicted octanol–water partition coefficient (Wildman–Crippen LogP) is 3.80. The van der Waals surface area contributed by atoms with Crippen LogP contribution < -0.4 is 5.73 Å². The molecule has 106 valence electrons. The molecule has 2 N–H and O–H groups in total. The van der Waals surface area contributed by atoms with Crippen molar-refractivity contribution in [1.82, 2.24) is 4.98 Å². The number of nitrogen functional groups attached to an aromatic ring is 1. The Kier molecular flexibility index (Phi) is 3.58. The maximum atomic E-state index is 12.2. The molecule has 0 aliphatic carbocycles. The van der Waals surface area contributed by atoms with Gasteiger partial charge in [0.2, 0.25) is 0 Å². The van der Waals surface area contributed by atoms with Crippen LogP contribution in [0.15, 0.2) is 48.5 Å². The number of carbonyl (C=O) groups is 1. The Morgan fingerprint density at radius 2 is 2.00 bits per heavy atom. The molecule has 0 radical (unpaired) electrons. The number of anilines is 1. The van der Waals surface area contributed by atoms with Gasteiger partial charge in [0.05, 0.1) is 15.8 Å². The van der Waals surface area contributed by atoms with Gasteiger partial charge in [0.1, 0.15) is 6.10 Å². The fourth-order valence-corrected chi connectivity index (χ4v) is 2.86. The number of fused-ring (bicyclic) bond motifs is 1. The second kappa shape index (κ2) is 5.54. The molecule has 4 nitrogen and oxygen atoms in total. The Bertz CT molecular complexity index is 783. The summed E-state index contributed by atoms with van der Waals surface area (Å²) in [6.45, 7) is 1.86. The summed E-state index contributed by atoms with van der Waals surface area (Å²) in [5, 5.41) is 0.494. The normalized spacial score (nSPS) is 12.2. The van der Waals surface area contributed by atoms with Gasteiger partial charge >= 0.3 is 5.97 Å². The summed E-state index contributed by atoms with van der Waals surface area (Å²) in [6.07, 6.45) is -0.291. The van der Waals surface area contributed by atoms with Gasteiger partial charge in [-0.2, -0.15) is 0 Å². The number of esters is 1. The summed E-state index contributed by atoms with van der Waals surface area (Å²) in [7, 11) is 0. The smallest absolute Gasteiger partial charge is 0.338 e. The first-order valence-corrected chi connectivity index (χ1v) is 7.37. The fourth-order valence-electron chi connectivity index (χ4n) is 2.09. The Morgan fingerprint density at radius 3 is 2.76 bits per heavy atom. The van der Waals surface area contributed by atoms with Crippen LogP contribution in [0, 0.1) is 0 Å². The Balaban J connectivity index is 1.80. The molecule has 0 saturated carbocycles. The molecule has 1 unspecified atom stereocenters. The Hall–Kier alpha value is -2.40. The van der Waals surface area contributed by atoms with Crippen molar-refractivity contribution in [3.63, 3.8) is 0 Å². The molecule has 0 aliphatic heterocycles. The lowest BCUT2D eigenvalue weighted by Crippen LogP contribution is -2.09. The van der Waals surface area contributed by atoms with Crippen molar-refractivity contribution >= 4 is 32.7 Å². The minimum absolute atomic E-state index is 0.291. The molecule has 0 bridgehead atoms. The number of nitrogens with two attached hydrogens (primary N) is 1. The summed E-state index contributed by atoms with van der Waals surface area (Å²) >= 11 is 1.36. The first-order valence-electron chi connectivity index (χ1n) is 6.55. The molecule has 0 fully saturated rings. The predicted molar refractivity (Wildman–Crippen MR) is 84.3 cm³/mol. The third-order valence-corrected chi connectivity index (χ3v) is 4.04. The number of thiazole rings is 1. The van der Waals surface area contributed by atoms with Crippen molar-refractivity contribution in [2.45, 2.75) is 13.0 Å². The SMILES string of the molecule is CC(OC(=O)c1ccc2nc(N)sc2c1)c1ccccc1. The van der Waals surface area contributed by atoms with Crippen molar-refractivity contribution in [2.24, 2.45) is 0 Å². The molecule has 3 aromatic rings. The minimum Gasteiger partial charge on any atom is -0.454 e. The van der Waals surface area contributed by atoms with Crippen LogP contribution in [0.3, 0.4) is 0 Å². The van der Waals surface area contributed by atoms with Crippen LogP contribution in [-0.4, -0.2) is 11.0 Å². The van der Waals surface area contributed by atoms with E-state index in [9.17, 15) is 4.79 Å². The number of ether oxygens (including phenoxy) is 1. The number of hydrogen-bond acceptors (Lipinski definition) is 5. The second-order valence-electron chi connectivity index (χ2n) is 4.69. The zero-order valence-electron chi connectivity index (χ0n) is 11.4. The highest BCUT2D eigenvalue weighted by molar-refractivity contribution is 7.22. The van der Waals surface area contributed by atoms with Gasteiger partial charge in [-0.1, -0.05) is 41.7 Å². The molecule has 1 atom stereocenters. The zero-order chi connectivity index (χ0) is 14.8. The van der Waals surface area contributed by atoms with Crippen LogP contribution >= 0.6 is 11.3 Å². The van der Waals surface area contributed by atoms with Crippen LogP contribution in [0.25, 0.3) is 10.2 Å². The molecular weight excluding hydrogens is 284 g/mol. The van der Waals surface area contributed by atoms with Gasteiger partial charge in [0.25, 0.3) is 0 Å². The van der Waals surface area contributed by atoms with Crippen molar-refractivity contribution in [1.29, 1.82) is 0 Å². The number of benzene rings is 2. The van der Waals surface area contributed by atoms with E-state index in [1.807, 2.05) is 37.3 Å². The van der Waals surface area contributed by atoms with Gasteiger partial charge in [-0.15, -0.1) is 0 Å².